The summed E-state index contributed by atoms with van der Waals surface area (Å²) >= 11 is 3.32. The lowest BCUT2D eigenvalue weighted by atomic mass is 10.1. The van der Waals surface area contributed by atoms with Crippen molar-refractivity contribution in [1.82, 2.24) is 0 Å². The first-order chi connectivity index (χ1) is 8.24. The second-order valence-corrected chi connectivity index (χ2v) is 4.76. The van der Waals surface area contributed by atoms with Gasteiger partial charge in [0.15, 0.2) is 0 Å². The first kappa shape index (κ1) is 12.4. The zero-order valence-corrected chi connectivity index (χ0v) is 10.6. The van der Waals surface area contributed by atoms with Gasteiger partial charge in [-0.05, 0) is 11.5 Å². The van der Waals surface area contributed by atoms with E-state index < -0.39 is 11.3 Å². The summed E-state index contributed by atoms with van der Waals surface area (Å²) in [4.78, 5) is 0. The molecule has 0 spiro atoms. The zero-order valence-electron chi connectivity index (χ0n) is 9.01. The Morgan fingerprint density at radius 1 is 1.18 bits per heavy atom. The molecule has 5 heteroatoms. The van der Waals surface area contributed by atoms with Gasteiger partial charge in [0.1, 0.15) is 0 Å². The highest BCUT2D eigenvalue weighted by Crippen LogP contribution is 2.27. The Hall–Kier alpha value is -1.10. The van der Waals surface area contributed by atoms with Crippen molar-refractivity contribution in [2.24, 2.45) is 0 Å². The van der Waals surface area contributed by atoms with E-state index in [1.165, 1.54) is 4.31 Å². The quantitative estimate of drug-likeness (QED) is 0.632. The maximum atomic E-state index is 11.2. The zero-order chi connectivity index (χ0) is 12.3. The first-order valence-corrected chi connectivity index (χ1v) is 6.71. The SMILES string of the molecule is O=S([O-])N(CCCl)c1cccc2ccccc12. The lowest BCUT2D eigenvalue weighted by Gasteiger charge is -2.26. The third-order valence-electron chi connectivity index (χ3n) is 2.50. The summed E-state index contributed by atoms with van der Waals surface area (Å²) in [6, 6.07) is 13.2. The van der Waals surface area contributed by atoms with Crippen molar-refractivity contribution in [2.75, 3.05) is 16.7 Å². The highest BCUT2D eigenvalue weighted by Gasteiger charge is 2.09. The maximum absolute atomic E-state index is 11.2. The van der Waals surface area contributed by atoms with Gasteiger partial charge in [0.05, 0.1) is 5.69 Å². The molecule has 1 atom stereocenters. The van der Waals surface area contributed by atoms with E-state index in [1.54, 1.807) is 6.07 Å². The Balaban J connectivity index is 2.56. The van der Waals surface area contributed by atoms with Gasteiger partial charge in [-0.25, -0.2) is 0 Å². The number of hydrogen-bond donors (Lipinski definition) is 0. The van der Waals surface area contributed by atoms with Crippen molar-refractivity contribution in [3.05, 3.63) is 42.5 Å². The van der Waals surface area contributed by atoms with Gasteiger partial charge in [0.2, 0.25) is 0 Å². The number of alkyl halides is 1. The average Bonchev–Trinajstić information content (AvgIpc) is 2.35. The summed E-state index contributed by atoms with van der Waals surface area (Å²) < 4.78 is 23.7. The van der Waals surface area contributed by atoms with Crippen LogP contribution in [-0.2, 0) is 11.3 Å². The predicted octanol–water partition coefficient (Wildman–Crippen LogP) is 2.68. The van der Waals surface area contributed by atoms with Crippen LogP contribution in [0.3, 0.4) is 0 Å². The molecule has 0 N–H and O–H groups in total. The number of rotatable bonds is 4. The van der Waals surface area contributed by atoms with Crippen LogP contribution < -0.4 is 4.31 Å². The van der Waals surface area contributed by atoms with Crippen LogP contribution in [0.4, 0.5) is 5.69 Å². The smallest absolute Gasteiger partial charge is 0.0561 e. The molecule has 0 aliphatic rings. The molecule has 0 amide bonds. The van der Waals surface area contributed by atoms with E-state index in [0.29, 0.717) is 5.69 Å². The fourth-order valence-corrected chi connectivity index (χ4v) is 2.61. The maximum Gasteiger partial charge on any atom is 0.0561 e. The van der Waals surface area contributed by atoms with Gasteiger partial charge >= 0.3 is 0 Å². The van der Waals surface area contributed by atoms with E-state index in [2.05, 4.69) is 0 Å². The predicted molar refractivity (Wildman–Crippen MR) is 70.9 cm³/mol. The minimum absolute atomic E-state index is 0.261. The molecular weight excluding hydrogens is 258 g/mol. The molecule has 1 unspecified atom stereocenters. The Morgan fingerprint density at radius 3 is 2.59 bits per heavy atom. The summed E-state index contributed by atoms with van der Waals surface area (Å²) in [5.74, 6) is 0.261. The summed E-state index contributed by atoms with van der Waals surface area (Å²) in [5.41, 5.74) is 0.664. The fourth-order valence-electron chi connectivity index (χ4n) is 1.78. The van der Waals surface area contributed by atoms with Gasteiger partial charge in [-0.2, -0.15) is 0 Å². The summed E-state index contributed by atoms with van der Waals surface area (Å²) in [5, 5.41) is 1.92. The summed E-state index contributed by atoms with van der Waals surface area (Å²) in [7, 11) is 0. The monoisotopic (exact) mass is 268 g/mol. The highest BCUT2D eigenvalue weighted by molar-refractivity contribution is 7.80. The molecule has 0 aliphatic carbocycles. The topological polar surface area (TPSA) is 43.4 Å². The van der Waals surface area contributed by atoms with Crippen LogP contribution in [0.1, 0.15) is 0 Å². The van der Waals surface area contributed by atoms with Gasteiger partial charge in [-0.15, -0.1) is 11.6 Å². The lowest BCUT2D eigenvalue weighted by molar-refractivity contribution is 0.533. The Morgan fingerprint density at radius 2 is 1.88 bits per heavy atom. The minimum Gasteiger partial charge on any atom is -0.755 e. The van der Waals surface area contributed by atoms with Crippen molar-refractivity contribution in [3.63, 3.8) is 0 Å². The van der Waals surface area contributed by atoms with Crippen LogP contribution in [0.15, 0.2) is 42.5 Å². The third-order valence-corrected chi connectivity index (χ3v) is 3.41. The van der Waals surface area contributed by atoms with Crippen LogP contribution in [0.25, 0.3) is 10.8 Å². The van der Waals surface area contributed by atoms with Crippen molar-refractivity contribution in [2.45, 2.75) is 0 Å². The Bertz CT molecular complexity index is 542. The molecule has 0 aromatic heterocycles. The third kappa shape index (κ3) is 2.60. The van der Waals surface area contributed by atoms with Crippen LogP contribution >= 0.6 is 11.6 Å². The Kier molecular flexibility index (Phi) is 3.99. The normalized spacial score (nSPS) is 12.6. The van der Waals surface area contributed by atoms with Gasteiger partial charge in [-0.3, -0.25) is 4.21 Å². The molecule has 3 nitrogen and oxygen atoms in total. The largest absolute Gasteiger partial charge is 0.755 e. The molecule has 2 rings (SSSR count). The van der Waals surface area contributed by atoms with E-state index in [-0.39, 0.29) is 12.4 Å². The highest BCUT2D eigenvalue weighted by atomic mass is 35.5. The number of halogens is 1. The van der Waals surface area contributed by atoms with Crippen molar-refractivity contribution in [1.29, 1.82) is 0 Å². The molecule has 0 heterocycles. The van der Waals surface area contributed by atoms with Crippen LogP contribution in [0, 0.1) is 0 Å². The molecule has 0 saturated heterocycles. The van der Waals surface area contributed by atoms with Crippen LogP contribution in [0.2, 0.25) is 0 Å². The van der Waals surface area contributed by atoms with E-state index >= 15 is 0 Å². The summed E-state index contributed by atoms with van der Waals surface area (Å²) in [6.07, 6.45) is 0. The number of hydrogen-bond acceptors (Lipinski definition) is 2. The molecule has 0 aliphatic heterocycles. The van der Waals surface area contributed by atoms with E-state index in [9.17, 15) is 8.76 Å². The number of benzene rings is 2. The first-order valence-electron chi connectivity index (χ1n) is 5.14. The van der Waals surface area contributed by atoms with Gasteiger partial charge in [0, 0.05) is 29.1 Å². The molecule has 0 fully saturated rings. The Labute approximate surface area is 107 Å². The average molecular weight is 269 g/mol. The van der Waals surface area contributed by atoms with E-state index in [1.807, 2.05) is 36.4 Å². The number of nitrogens with zero attached hydrogens (tertiary/aromatic N) is 1. The molecule has 2 aromatic rings. The molecule has 0 radical (unpaired) electrons. The van der Waals surface area contributed by atoms with Gasteiger partial charge < -0.3 is 8.86 Å². The molecule has 90 valence electrons. The fraction of sp³-hybridized carbons (Fsp3) is 0.167. The second kappa shape index (κ2) is 5.49. The number of anilines is 1. The minimum atomic E-state index is -2.31. The van der Waals surface area contributed by atoms with Crippen molar-refractivity contribution < 1.29 is 8.76 Å². The van der Waals surface area contributed by atoms with E-state index in [0.717, 1.165) is 10.8 Å². The lowest BCUT2D eigenvalue weighted by Crippen LogP contribution is -2.27. The van der Waals surface area contributed by atoms with Crippen LogP contribution in [0.5, 0.6) is 0 Å². The second-order valence-electron chi connectivity index (χ2n) is 3.51. The van der Waals surface area contributed by atoms with Crippen LogP contribution in [-0.4, -0.2) is 21.2 Å². The van der Waals surface area contributed by atoms with Crippen molar-refractivity contribution >= 4 is 39.3 Å². The molecule has 17 heavy (non-hydrogen) atoms. The molecule has 0 bridgehead atoms. The number of fused-ring (bicyclic) bond motifs is 1. The van der Waals surface area contributed by atoms with Gasteiger partial charge in [-0.1, -0.05) is 36.4 Å². The standard InChI is InChI=1S/C12H12ClNO2S/c13-8-9-14(17(15)16)12-7-3-5-10-4-1-2-6-11(10)12/h1-7H,8-9H2,(H,15,16)/p-1. The van der Waals surface area contributed by atoms with Crippen molar-refractivity contribution in [3.8, 4) is 0 Å². The molecule has 0 saturated carbocycles. The molecule has 2 aromatic carbocycles. The molecular formula is C12H11ClNO2S-. The van der Waals surface area contributed by atoms with Gasteiger partial charge in [0.25, 0.3) is 0 Å². The summed E-state index contributed by atoms with van der Waals surface area (Å²) in [6.45, 7) is 0.270. The van der Waals surface area contributed by atoms with E-state index in [4.69, 9.17) is 11.6 Å².